The van der Waals surface area contributed by atoms with Gasteiger partial charge >= 0.3 is 6.09 Å². The molecule has 1 atom stereocenters. The first-order valence-electron chi connectivity index (χ1n) is 7.93. The summed E-state index contributed by atoms with van der Waals surface area (Å²) in [6, 6.07) is 0. The summed E-state index contributed by atoms with van der Waals surface area (Å²) in [7, 11) is 0. The van der Waals surface area contributed by atoms with Crippen LogP contribution in [0.25, 0.3) is 0 Å². The van der Waals surface area contributed by atoms with Crippen molar-refractivity contribution in [3.8, 4) is 0 Å². The van der Waals surface area contributed by atoms with Crippen molar-refractivity contribution in [3.05, 3.63) is 0 Å². The molecule has 1 unspecified atom stereocenters. The average molecular weight is 294 g/mol. The molecule has 0 aromatic rings. The van der Waals surface area contributed by atoms with Gasteiger partial charge in [0, 0.05) is 25.0 Å². The summed E-state index contributed by atoms with van der Waals surface area (Å²) < 4.78 is 0. The minimum atomic E-state index is -0.802. The van der Waals surface area contributed by atoms with Crippen LogP contribution in [-0.2, 0) is 4.79 Å². The molecule has 0 aromatic carbocycles. The third-order valence-corrected chi connectivity index (χ3v) is 5.90. The van der Waals surface area contributed by atoms with Crippen LogP contribution in [-0.4, -0.2) is 41.6 Å². The van der Waals surface area contributed by atoms with Crippen LogP contribution in [0.1, 0.15) is 46.5 Å². The van der Waals surface area contributed by atoms with Crippen LogP contribution in [0.5, 0.6) is 0 Å². The SMILES string of the molecule is CC(C)(C)C1C(=O)NCC12CC1(CCN(C(=O)O)CC1)C2. The van der Waals surface area contributed by atoms with E-state index in [0.29, 0.717) is 13.1 Å². The van der Waals surface area contributed by atoms with E-state index in [4.69, 9.17) is 5.11 Å². The summed E-state index contributed by atoms with van der Waals surface area (Å²) in [6.07, 6.45) is 3.25. The second kappa shape index (κ2) is 4.37. The average Bonchev–Trinajstić information content (AvgIpc) is 2.66. The van der Waals surface area contributed by atoms with Crippen LogP contribution in [0.15, 0.2) is 0 Å². The number of carboxylic acid groups (broad SMARTS) is 1. The molecule has 2 aliphatic heterocycles. The third kappa shape index (κ3) is 2.21. The Bertz CT molecular complexity index is 464. The van der Waals surface area contributed by atoms with Gasteiger partial charge in [0.25, 0.3) is 0 Å². The number of hydrogen-bond donors (Lipinski definition) is 2. The first-order valence-corrected chi connectivity index (χ1v) is 7.93. The molecule has 2 amide bonds. The lowest BCUT2D eigenvalue weighted by Crippen LogP contribution is -2.57. The van der Waals surface area contributed by atoms with Crippen molar-refractivity contribution in [3.63, 3.8) is 0 Å². The fraction of sp³-hybridized carbons (Fsp3) is 0.875. The first kappa shape index (κ1) is 14.7. The zero-order chi connectivity index (χ0) is 15.5. The van der Waals surface area contributed by atoms with Gasteiger partial charge in [-0.3, -0.25) is 4.79 Å². The predicted octanol–water partition coefficient (Wildman–Crippen LogP) is 2.32. The Balaban J connectivity index is 1.70. The van der Waals surface area contributed by atoms with E-state index >= 15 is 0 Å². The number of carbonyl (C=O) groups excluding carboxylic acids is 1. The molecular weight excluding hydrogens is 268 g/mol. The van der Waals surface area contributed by atoms with Gasteiger partial charge in [-0.15, -0.1) is 0 Å². The fourth-order valence-electron chi connectivity index (χ4n) is 5.35. The van der Waals surface area contributed by atoms with Gasteiger partial charge in [0.1, 0.15) is 0 Å². The summed E-state index contributed by atoms with van der Waals surface area (Å²) in [6.45, 7) is 8.56. The maximum atomic E-state index is 12.2. The number of carbonyl (C=O) groups is 2. The smallest absolute Gasteiger partial charge is 0.407 e. The Morgan fingerprint density at radius 1 is 1.29 bits per heavy atom. The van der Waals surface area contributed by atoms with Gasteiger partial charge in [0.2, 0.25) is 5.91 Å². The molecule has 2 N–H and O–H groups in total. The van der Waals surface area contributed by atoms with Gasteiger partial charge in [-0.2, -0.15) is 0 Å². The topological polar surface area (TPSA) is 69.6 Å². The van der Waals surface area contributed by atoms with E-state index in [1.54, 1.807) is 0 Å². The lowest BCUT2D eigenvalue weighted by molar-refractivity contribution is -0.141. The molecule has 3 rings (SSSR count). The molecule has 2 spiro atoms. The fourth-order valence-corrected chi connectivity index (χ4v) is 5.35. The monoisotopic (exact) mass is 294 g/mol. The van der Waals surface area contributed by atoms with E-state index in [0.717, 1.165) is 32.2 Å². The second-order valence-electron chi connectivity index (χ2n) is 8.50. The highest BCUT2D eigenvalue weighted by atomic mass is 16.4. The van der Waals surface area contributed by atoms with E-state index in [-0.39, 0.29) is 28.1 Å². The molecule has 0 radical (unpaired) electrons. The molecule has 5 nitrogen and oxygen atoms in total. The van der Waals surface area contributed by atoms with Crippen molar-refractivity contribution >= 4 is 12.0 Å². The van der Waals surface area contributed by atoms with Crippen LogP contribution < -0.4 is 5.32 Å². The van der Waals surface area contributed by atoms with Crippen LogP contribution in [0, 0.1) is 22.2 Å². The van der Waals surface area contributed by atoms with Gasteiger partial charge < -0.3 is 15.3 Å². The second-order valence-corrected chi connectivity index (χ2v) is 8.50. The standard InChI is InChI=1S/C16H26N2O3/c1-14(2,3)11-12(19)17-10-16(11)8-15(9-16)4-6-18(7-5-15)13(20)21/h11H,4-10H2,1-3H3,(H,17,19)(H,20,21). The summed E-state index contributed by atoms with van der Waals surface area (Å²) in [5, 5.41) is 12.1. The van der Waals surface area contributed by atoms with Crippen molar-refractivity contribution in [2.75, 3.05) is 19.6 Å². The minimum Gasteiger partial charge on any atom is -0.465 e. The number of nitrogens with zero attached hydrogens (tertiary/aromatic N) is 1. The number of likely N-dealkylation sites (tertiary alicyclic amines) is 1. The van der Waals surface area contributed by atoms with E-state index in [1.807, 2.05) is 0 Å². The lowest BCUT2D eigenvalue weighted by Gasteiger charge is -2.60. The van der Waals surface area contributed by atoms with E-state index in [2.05, 4.69) is 26.1 Å². The highest BCUT2D eigenvalue weighted by Crippen LogP contribution is 2.66. The van der Waals surface area contributed by atoms with Crippen LogP contribution in [0.2, 0.25) is 0 Å². The molecule has 118 valence electrons. The van der Waals surface area contributed by atoms with Gasteiger partial charge in [0.15, 0.2) is 0 Å². The Morgan fingerprint density at radius 2 is 1.86 bits per heavy atom. The number of rotatable bonds is 0. The third-order valence-electron chi connectivity index (χ3n) is 5.90. The zero-order valence-electron chi connectivity index (χ0n) is 13.2. The summed E-state index contributed by atoms with van der Waals surface area (Å²) in [5.74, 6) is 0.299. The number of hydrogen-bond acceptors (Lipinski definition) is 2. The van der Waals surface area contributed by atoms with Crippen LogP contribution >= 0.6 is 0 Å². The van der Waals surface area contributed by atoms with Crippen LogP contribution in [0.4, 0.5) is 4.79 Å². The molecule has 21 heavy (non-hydrogen) atoms. The highest BCUT2D eigenvalue weighted by Gasteiger charge is 2.64. The van der Waals surface area contributed by atoms with Crippen molar-refractivity contribution in [1.29, 1.82) is 0 Å². The van der Waals surface area contributed by atoms with E-state index in [1.165, 1.54) is 4.90 Å². The summed E-state index contributed by atoms with van der Waals surface area (Å²) in [5.41, 5.74) is 0.381. The molecule has 0 bridgehead atoms. The maximum absolute atomic E-state index is 12.2. The minimum absolute atomic E-state index is 0.00996. The van der Waals surface area contributed by atoms with E-state index < -0.39 is 6.09 Å². The number of amides is 2. The largest absolute Gasteiger partial charge is 0.465 e. The summed E-state index contributed by atoms with van der Waals surface area (Å²) >= 11 is 0. The predicted molar refractivity (Wildman–Crippen MR) is 78.9 cm³/mol. The molecule has 1 aliphatic carbocycles. The Kier molecular flexibility index (Phi) is 3.05. The summed E-state index contributed by atoms with van der Waals surface area (Å²) in [4.78, 5) is 24.8. The van der Waals surface area contributed by atoms with Gasteiger partial charge in [-0.25, -0.2) is 4.79 Å². The highest BCUT2D eigenvalue weighted by molar-refractivity contribution is 5.83. The van der Waals surface area contributed by atoms with Crippen molar-refractivity contribution in [2.24, 2.45) is 22.2 Å². The van der Waals surface area contributed by atoms with Gasteiger partial charge in [-0.05, 0) is 36.5 Å². The molecule has 2 saturated heterocycles. The number of piperidine rings is 1. The quantitative estimate of drug-likeness (QED) is 0.720. The van der Waals surface area contributed by atoms with Crippen LogP contribution in [0.3, 0.4) is 0 Å². The van der Waals surface area contributed by atoms with Gasteiger partial charge in [-0.1, -0.05) is 20.8 Å². The molecule has 2 heterocycles. The van der Waals surface area contributed by atoms with Gasteiger partial charge in [0.05, 0.1) is 5.92 Å². The molecule has 5 heteroatoms. The van der Waals surface area contributed by atoms with Crippen molar-refractivity contribution in [2.45, 2.75) is 46.5 Å². The normalized spacial score (nSPS) is 30.3. The Hall–Kier alpha value is -1.26. The van der Waals surface area contributed by atoms with Crippen molar-refractivity contribution in [1.82, 2.24) is 10.2 Å². The number of nitrogens with one attached hydrogen (secondary N) is 1. The maximum Gasteiger partial charge on any atom is 0.407 e. The molecular formula is C16H26N2O3. The molecule has 0 aromatic heterocycles. The zero-order valence-corrected chi connectivity index (χ0v) is 13.2. The van der Waals surface area contributed by atoms with E-state index in [9.17, 15) is 9.59 Å². The first-order chi connectivity index (χ1) is 9.68. The molecule has 1 saturated carbocycles. The Labute approximate surface area is 126 Å². The molecule has 3 fully saturated rings. The molecule has 3 aliphatic rings. The lowest BCUT2D eigenvalue weighted by atomic mass is 9.44. The van der Waals surface area contributed by atoms with Crippen molar-refractivity contribution < 1.29 is 14.7 Å². The Morgan fingerprint density at radius 3 is 2.33 bits per heavy atom.